The number of aromatic nitrogens is 2. The van der Waals surface area contributed by atoms with E-state index in [1.807, 2.05) is 11.7 Å². The van der Waals surface area contributed by atoms with Crippen LogP contribution in [0.2, 0.25) is 5.02 Å². The van der Waals surface area contributed by atoms with Crippen LogP contribution in [0, 0.1) is 5.41 Å². The maximum absolute atomic E-state index is 6.34. The number of halogens is 1. The summed E-state index contributed by atoms with van der Waals surface area (Å²) in [5, 5.41) is 5.29. The molecule has 0 aromatic carbocycles. The van der Waals surface area contributed by atoms with Gasteiger partial charge in [0, 0.05) is 13.1 Å². The van der Waals surface area contributed by atoms with Crippen molar-refractivity contribution in [2.75, 3.05) is 0 Å². The van der Waals surface area contributed by atoms with Crippen molar-refractivity contribution in [1.82, 2.24) is 9.78 Å². The summed E-state index contributed by atoms with van der Waals surface area (Å²) in [6, 6.07) is 0.239. The highest BCUT2D eigenvalue weighted by Gasteiger charge is 2.46. The molecule has 1 aromatic heterocycles. The highest BCUT2D eigenvalue weighted by Crippen LogP contribution is 2.51. The molecule has 4 heteroatoms. The van der Waals surface area contributed by atoms with Gasteiger partial charge in [0.2, 0.25) is 0 Å². The predicted molar refractivity (Wildman–Crippen MR) is 66.6 cm³/mol. The zero-order valence-corrected chi connectivity index (χ0v) is 11.0. The Balaban J connectivity index is 2.25. The molecular formula is C12H20ClN3. The molecule has 0 amide bonds. The number of rotatable bonds is 4. The average molecular weight is 242 g/mol. The third-order valence-corrected chi connectivity index (χ3v) is 4.32. The van der Waals surface area contributed by atoms with Gasteiger partial charge in [-0.3, -0.25) is 4.68 Å². The van der Waals surface area contributed by atoms with E-state index < -0.39 is 0 Å². The van der Waals surface area contributed by atoms with Crippen LogP contribution in [0.15, 0.2) is 0 Å². The SMILES string of the molecule is CCc1nn(C)c(CC2(C(C)N)CC2)c1Cl. The molecule has 1 fully saturated rings. The van der Waals surface area contributed by atoms with Crippen LogP contribution in [0.4, 0.5) is 0 Å². The van der Waals surface area contributed by atoms with Crippen LogP contribution >= 0.6 is 11.6 Å². The molecule has 0 saturated heterocycles. The van der Waals surface area contributed by atoms with Crippen LogP contribution in [0.3, 0.4) is 0 Å². The van der Waals surface area contributed by atoms with Gasteiger partial charge < -0.3 is 5.73 Å². The molecule has 1 atom stereocenters. The molecule has 0 radical (unpaired) electrons. The van der Waals surface area contributed by atoms with E-state index >= 15 is 0 Å². The summed E-state index contributed by atoms with van der Waals surface area (Å²) in [5.41, 5.74) is 8.47. The minimum atomic E-state index is 0.239. The largest absolute Gasteiger partial charge is 0.327 e. The van der Waals surface area contributed by atoms with E-state index in [2.05, 4.69) is 18.9 Å². The predicted octanol–water partition coefficient (Wildman–Crippen LogP) is 2.31. The minimum absolute atomic E-state index is 0.239. The molecule has 0 aliphatic heterocycles. The molecule has 1 saturated carbocycles. The third-order valence-electron chi connectivity index (χ3n) is 3.88. The summed E-state index contributed by atoms with van der Waals surface area (Å²) in [7, 11) is 1.97. The van der Waals surface area contributed by atoms with Crippen molar-refractivity contribution in [3.63, 3.8) is 0 Å². The van der Waals surface area contributed by atoms with Crippen molar-refractivity contribution in [2.45, 2.75) is 45.6 Å². The van der Waals surface area contributed by atoms with Crippen molar-refractivity contribution >= 4 is 11.6 Å². The molecule has 2 N–H and O–H groups in total. The van der Waals surface area contributed by atoms with Crippen molar-refractivity contribution in [2.24, 2.45) is 18.2 Å². The van der Waals surface area contributed by atoms with Crippen molar-refractivity contribution in [1.29, 1.82) is 0 Å². The smallest absolute Gasteiger partial charge is 0.0849 e. The molecular weight excluding hydrogens is 222 g/mol. The number of hydrogen-bond acceptors (Lipinski definition) is 2. The Hall–Kier alpha value is -0.540. The summed E-state index contributed by atoms with van der Waals surface area (Å²) in [6.45, 7) is 4.18. The van der Waals surface area contributed by atoms with Gasteiger partial charge in [-0.15, -0.1) is 0 Å². The first-order chi connectivity index (χ1) is 7.50. The second-order valence-electron chi connectivity index (χ2n) is 5.01. The van der Waals surface area contributed by atoms with E-state index in [1.165, 1.54) is 12.8 Å². The molecule has 1 aliphatic rings. The monoisotopic (exact) mass is 241 g/mol. The zero-order valence-electron chi connectivity index (χ0n) is 10.3. The van der Waals surface area contributed by atoms with Gasteiger partial charge in [0.25, 0.3) is 0 Å². The Kier molecular flexibility index (Phi) is 3.01. The van der Waals surface area contributed by atoms with Gasteiger partial charge in [0.05, 0.1) is 16.4 Å². The minimum Gasteiger partial charge on any atom is -0.327 e. The molecule has 16 heavy (non-hydrogen) atoms. The Labute approximate surface area is 102 Å². The fourth-order valence-corrected chi connectivity index (χ4v) is 2.66. The fraction of sp³-hybridized carbons (Fsp3) is 0.750. The molecule has 2 rings (SSSR count). The normalized spacial score (nSPS) is 19.8. The van der Waals surface area contributed by atoms with E-state index in [0.717, 1.165) is 29.3 Å². The van der Waals surface area contributed by atoms with E-state index in [4.69, 9.17) is 17.3 Å². The lowest BCUT2D eigenvalue weighted by molar-refractivity contribution is 0.407. The quantitative estimate of drug-likeness (QED) is 0.879. The summed E-state index contributed by atoms with van der Waals surface area (Å²) in [5.74, 6) is 0. The summed E-state index contributed by atoms with van der Waals surface area (Å²) >= 11 is 6.34. The molecule has 1 heterocycles. The molecule has 0 spiro atoms. The van der Waals surface area contributed by atoms with Gasteiger partial charge in [-0.25, -0.2) is 0 Å². The van der Waals surface area contributed by atoms with Gasteiger partial charge in [-0.2, -0.15) is 5.10 Å². The maximum Gasteiger partial charge on any atom is 0.0849 e. The van der Waals surface area contributed by atoms with Crippen LogP contribution in [-0.4, -0.2) is 15.8 Å². The first-order valence-corrected chi connectivity index (χ1v) is 6.34. The maximum atomic E-state index is 6.34. The van der Waals surface area contributed by atoms with Gasteiger partial charge in [0.15, 0.2) is 0 Å². The highest BCUT2D eigenvalue weighted by atomic mass is 35.5. The highest BCUT2D eigenvalue weighted by molar-refractivity contribution is 6.31. The third kappa shape index (κ3) is 1.87. The van der Waals surface area contributed by atoms with Crippen LogP contribution in [0.1, 0.15) is 38.1 Å². The summed E-state index contributed by atoms with van der Waals surface area (Å²) in [6.07, 6.45) is 4.28. The molecule has 0 bridgehead atoms. The van der Waals surface area contributed by atoms with E-state index in [1.54, 1.807) is 0 Å². The second kappa shape index (κ2) is 4.04. The molecule has 90 valence electrons. The lowest BCUT2D eigenvalue weighted by Gasteiger charge is -2.19. The van der Waals surface area contributed by atoms with Gasteiger partial charge in [-0.1, -0.05) is 18.5 Å². The van der Waals surface area contributed by atoms with Crippen molar-refractivity contribution in [3.05, 3.63) is 16.4 Å². The van der Waals surface area contributed by atoms with Crippen LogP contribution < -0.4 is 5.73 Å². The van der Waals surface area contributed by atoms with Crippen LogP contribution in [0.5, 0.6) is 0 Å². The fourth-order valence-electron chi connectivity index (χ4n) is 2.30. The Morgan fingerprint density at radius 2 is 2.19 bits per heavy atom. The van der Waals surface area contributed by atoms with Gasteiger partial charge in [-0.05, 0) is 38.0 Å². The first kappa shape index (κ1) is 11.9. The van der Waals surface area contributed by atoms with Crippen LogP contribution in [-0.2, 0) is 19.9 Å². The van der Waals surface area contributed by atoms with E-state index in [9.17, 15) is 0 Å². The van der Waals surface area contributed by atoms with Gasteiger partial charge in [0.1, 0.15) is 0 Å². The number of nitrogens with zero attached hydrogens (tertiary/aromatic N) is 2. The van der Waals surface area contributed by atoms with E-state index in [-0.39, 0.29) is 11.5 Å². The molecule has 3 nitrogen and oxygen atoms in total. The van der Waals surface area contributed by atoms with Gasteiger partial charge >= 0.3 is 0 Å². The Bertz CT molecular complexity index is 391. The molecule has 1 unspecified atom stereocenters. The van der Waals surface area contributed by atoms with Crippen molar-refractivity contribution in [3.8, 4) is 0 Å². The summed E-state index contributed by atoms with van der Waals surface area (Å²) in [4.78, 5) is 0. The average Bonchev–Trinajstić information content (AvgIpc) is 2.97. The Morgan fingerprint density at radius 1 is 1.56 bits per heavy atom. The standard InChI is InChI=1S/C12H20ClN3/c1-4-9-11(13)10(16(3)15-9)7-12(5-6-12)8(2)14/h8H,4-7,14H2,1-3H3. The zero-order chi connectivity index (χ0) is 11.9. The van der Waals surface area contributed by atoms with Crippen LogP contribution in [0.25, 0.3) is 0 Å². The van der Waals surface area contributed by atoms with Crippen molar-refractivity contribution < 1.29 is 0 Å². The summed E-state index contributed by atoms with van der Waals surface area (Å²) < 4.78 is 1.92. The number of aryl methyl sites for hydroxylation is 2. The van der Waals surface area contributed by atoms with E-state index in [0.29, 0.717) is 0 Å². The Morgan fingerprint density at radius 3 is 2.56 bits per heavy atom. The molecule has 1 aromatic rings. The lowest BCUT2D eigenvalue weighted by Crippen LogP contribution is -2.30. The first-order valence-electron chi connectivity index (χ1n) is 5.96. The lowest BCUT2D eigenvalue weighted by atomic mass is 9.92. The number of hydrogen-bond donors (Lipinski definition) is 1. The number of nitrogens with two attached hydrogens (primary N) is 1. The topological polar surface area (TPSA) is 43.8 Å². The molecule has 1 aliphatic carbocycles. The second-order valence-corrected chi connectivity index (χ2v) is 5.39.